The highest BCUT2D eigenvalue weighted by Gasteiger charge is 2.48. The molecule has 2 aromatic rings. The van der Waals surface area contributed by atoms with Crippen LogP contribution in [0, 0.1) is 0 Å². The maximum absolute atomic E-state index is 15.0. The maximum atomic E-state index is 15.0. The number of nitrogens with zero attached hydrogens (tertiary/aromatic N) is 2. The summed E-state index contributed by atoms with van der Waals surface area (Å²) in [6.45, 7) is 27.0. The summed E-state index contributed by atoms with van der Waals surface area (Å²) in [6.07, 6.45) is 28.9. The second-order valence-corrected chi connectivity index (χ2v) is 26.0. The molecule has 4 atom stereocenters. The Morgan fingerprint density at radius 3 is 1.58 bits per heavy atom. The highest BCUT2D eigenvalue weighted by atomic mass is 32.2. The Morgan fingerprint density at radius 1 is 0.622 bits per heavy atom. The van der Waals surface area contributed by atoms with Crippen molar-refractivity contribution < 1.29 is 19.5 Å². The summed E-state index contributed by atoms with van der Waals surface area (Å²) >= 11 is 3.68. The van der Waals surface area contributed by atoms with E-state index in [9.17, 15) is 14.7 Å². The lowest BCUT2D eigenvalue weighted by Crippen LogP contribution is -2.43. The first-order valence-electron chi connectivity index (χ1n) is 30.0. The standard InChI is InChI=1S/C64H102N4O4S2/c1-13-17-19-21-23-25-27-29-31-33-37-73-39-35-57(69)65-53-43-55-51(63(9,10)47(7)67(55)45(5)15-3)41-49(53)59-61(71)60(62(59)72)50-42-52-56(68(46(6)16-4)48(8)64(52,11)12)44-54(50)66-58(70)36-40-74-38-34-32-30-28-26-24-22-20-18-14-2/h41-48H,13-40H2,1-12H3,(H2,65,66,69,70,71,72)/p+1. The Balaban J connectivity index is 1.40. The highest BCUT2D eigenvalue weighted by Crippen LogP contribution is 2.51. The fourth-order valence-electron chi connectivity index (χ4n) is 11.7. The maximum Gasteiger partial charge on any atom is 0.225 e. The van der Waals surface area contributed by atoms with Crippen molar-refractivity contribution in [3.63, 3.8) is 0 Å². The van der Waals surface area contributed by atoms with Crippen LogP contribution in [-0.2, 0) is 25.2 Å². The van der Waals surface area contributed by atoms with Crippen molar-refractivity contribution >= 4 is 69.3 Å². The summed E-state index contributed by atoms with van der Waals surface area (Å²) in [7, 11) is 0. The lowest BCUT2D eigenvalue weighted by molar-refractivity contribution is -0.116. The summed E-state index contributed by atoms with van der Waals surface area (Å²) in [5, 5.41) is 20.5. The molecule has 1 aliphatic carbocycles. The van der Waals surface area contributed by atoms with Gasteiger partial charge in [0.05, 0.1) is 27.9 Å². The van der Waals surface area contributed by atoms with Crippen molar-refractivity contribution in [2.75, 3.05) is 38.5 Å². The first kappa shape index (κ1) is 61.6. The number of Topliss-reactive ketones (excluding diaryl/α,β-unsaturated/α-hetero) is 1. The summed E-state index contributed by atoms with van der Waals surface area (Å²) in [6, 6.07) is 9.13. The number of allylic oxidation sites excluding steroid dienone is 2. The molecular weight excluding hydrogens is 953 g/mol. The van der Waals surface area contributed by atoms with Gasteiger partial charge < -0.3 is 20.6 Å². The Labute approximate surface area is 459 Å². The third-order valence-electron chi connectivity index (χ3n) is 17.5. The second kappa shape index (κ2) is 30.1. The van der Waals surface area contributed by atoms with E-state index >= 15 is 4.79 Å². The van der Waals surface area contributed by atoms with Crippen LogP contribution in [0.25, 0.3) is 11.1 Å². The van der Waals surface area contributed by atoms with Gasteiger partial charge in [0, 0.05) is 76.4 Å². The number of thioether (sulfide) groups is 2. The number of aliphatic hydroxyl groups is 1. The normalized spacial score (nSPS) is 19.2. The quantitative estimate of drug-likeness (QED) is 0.0467. The number of ketones is 1. The molecular formula is C64H103N4O4S2+. The van der Waals surface area contributed by atoms with Crippen LogP contribution in [0.15, 0.2) is 30.0 Å². The summed E-state index contributed by atoms with van der Waals surface area (Å²) in [5.41, 5.74) is 4.84. The molecule has 2 heterocycles. The predicted octanol–water partition coefficient (Wildman–Crippen LogP) is 15.6. The predicted molar refractivity (Wildman–Crippen MR) is 323 cm³/mol. The number of nitrogens with one attached hydrogen (secondary N) is 2. The van der Waals surface area contributed by atoms with Gasteiger partial charge in [-0.25, -0.2) is 4.58 Å². The van der Waals surface area contributed by atoms with Gasteiger partial charge in [0.25, 0.3) is 0 Å². The van der Waals surface area contributed by atoms with Crippen LogP contribution in [0.5, 0.6) is 0 Å². The third kappa shape index (κ3) is 15.5. The fraction of sp³-hybridized carbons (Fsp3) is 0.719. The van der Waals surface area contributed by atoms with Gasteiger partial charge in [0.15, 0.2) is 12.1 Å². The molecule has 0 aromatic heterocycles. The molecule has 414 valence electrons. The van der Waals surface area contributed by atoms with Gasteiger partial charge in [0.2, 0.25) is 23.0 Å². The third-order valence-corrected chi connectivity index (χ3v) is 19.7. The fourth-order valence-corrected chi connectivity index (χ4v) is 13.6. The number of unbranched alkanes of at least 4 members (excludes halogenated alkanes) is 18. The van der Waals surface area contributed by atoms with Crippen LogP contribution in [0.4, 0.5) is 17.1 Å². The number of hydrogen-bond acceptors (Lipinski definition) is 7. The number of carbonyl (C=O) groups is 3. The Morgan fingerprint density at radius 2 is 1.11 bits per heavy atom. The lowest BCUT2D eigenvalue weighted by Gasteiger charge is -2.35. The molecule has 10 heteroatoms. The van der Waals surface area contributed by atoms with E-state index in [1.165, 1.54) is 128 Å². The topological polar surface area (TPSA) is 102 Å². The molecule has 0 saturated heterocycles. The van der Waals surface area contributed by atoms with Crippen molar-refractivity contribution in [3.8, 4) is 0 Å². The van der Waals surface area contributed by atoms with Gasteiger partial charge in [-0.3, -0.25) is 14.4 Å². The molecule has 5 rings (SSSR count). The molecule has 2 aromatic carbocycles. The minimum absolute atomic E-state index is 0.0919. The molecule has 0 spiro atoms. The minimum Gasteiger partial charge on any atom is -0.506 e. The van der Waals surface area contributed by atoms with E-state index in [4.69, 9.17) is 0 Å². The van der Waals surface area contributed by atoms with Crippen molar-refractivity contribution in [1.29, 1.82) is 0 Å². The van der Waals surface area contributed by atoms with Crippen molar-refractivity contribution in [3.05, 3.63) is 57.3 Å². The first-order valence-corrected chi connectivity index (χ1v) is 32.3. The van der Waals surface area contributed by atoms with E-state index in [-0.39, 0.29) is 69.5 Å². The molecule has 8 nitrogen and oxygen atoms in total. The van der Waals surface area contributed by atoms with Crippen LogP contribution < -0.4 is 30.7 Å². The molecule has 4 unspecified atom stereocenters. The van der Waals surface area contributed by atoms with Gasteiger partial charge in [-0.15, -0.1) is 0 Å². The summed E-state index contributed by atoms with van der Waals surface area (Å²) < 4.78 is 2.47. The van der Waals surface area contributed by atoms with Crippen LogP contribution in [-0.4, -0.2) is 69.9 Å². The number of rotatable bonds is 35. The molecule has 0 radical (unpaired) electrons. The number of hydrogen-bond donors (Lipinski definition) is 3. The smallest absolute Gasteiger partial charge is 0.225 e. The first-order chi connectivity index (χ1) is 35.5. The van der Waals surface area contributed by atoms with Crippen LogP contribution in [0.1, 0.15) is 254 Å². The second-order valence-electron chi connectivity index (χ2n) is 23.6. The number of aliphatic hydroxyl groups excluding tert-OH is 1. The number of anilines is 3. The molecule has 2 aliphatic heterocycles. The number of amides is 2. The molecule has 0 saturated carbocycles. The van der Waals surface area contributed by atoms with Crippen LogP contribution in [0.2, 0.25) is 0 Å². The van der Waals surface area contributed by atoms with E-state index in [0.717, 1.165) is 58.0 Å². The Bertz CT molecular complexity index is 2340. The summed E-state index contributed by atoms with van der Waals surface area (Å²) in [4.78, 5) is 45.3. The Kier molecular flexibility index (Phi) is 25.0. The molecule has 3 N–H and O–H groups in total. The van der Waals surface area contributed by atoms with Crippen molar-refractivity contribution in [2.45, 2.75) is 272 Å². The van der Waals surface area contributed by atoms with Gasteiger partial charge >= 0.3 is 0 Å². The number of fused-ring (bicyclic) bond motifs is 2. The average Bonchev–Trinajstić information content (AvgIpc) is 3.69. The largest absolute Gasteiger partial charge is 0.506 e. The van der Waals surface area contributed by atoms with Gasteiger partial charge in [-0.1, -0.05) is 157 Å². The zero-order chi connectivity index (χ0) is 54.0. The van der Waals surface area contributed by atoms with Crippen LogP contribution >= 0.6 is 23.5 Å². The number of carbonyl (C=O) groups excluding carboxylic acids is 3. The zero-order valence-electron chi connectivity index (χ0n) is 48.8. The zero-order valence-corrected chi connectivity index (χ0v) is 50.4. The van der Waals surface area contributed by atoms with Crippen molar-refractivity contribution in [1.82, 2.24) is 4.58 Å². The number of benzene rings is 2. The minimum atomic E-state index is -0.280. The SMILES string of the molecule is CCCCCCCCCCCCSCCC(=O)Nc1cc2c(cc1C1=C(O)C(=c3cc4c(cc3NC(=O)CCSCCCCCCCCCCCC)=[N+](C(C)CC)C(C)C4(C)C)C1=O)C(C)(C)C(C)N2C(C)CC. The molecule has 74 heavy (non-hydrogen) atoms. The van der Waals surface area contributed by atoms with Gasteiger partial charge in [0.1, 0.15) is 5.76 Å². The molecule has 0 bridgehead atoms. The van der Waals surface area contributed by atoms with E-state index < -0.39 is 0 Å². The van der Waals surface area contributed by atoms with E-state index in [0.29, 0.717) is 35.0 Å². The van der Waals surface area contributed by atoms with Gasteiger partial charge in [-0.2, -0.15) is 23.5 Å². The average molecular weight is 1060 g/mol. The van der Waals surface area contributed by atoms with Crippen LogP contribution in [0.3, 0.4) is 0 Å². The lowest BCUT2D eigenvalue weighted by atomic mass is 9.76. The van der Waals surface area contributed by atoms with E-state index in [2.05, 4.69) is 127 Å². The monoisotopic (exact) mass is 1060 g/mol. The molecule has 3 aliphatic rings. The Hall–Kier alpha value is -3.24. The molecule has 2 amide bonds. The summed E-state index contributed by atoms with van der Waals surface area (Å²) in [5.74, 6) is 3.00. The highest BCUT2D eigenvalue weighted by molar-refractivity contribution is 7.99. The van der Waals surface area contributed by atoms with E-state index in [1.54, 1.807) is 0 Å². The van der Waals surface area contributed by atoms with Gasteiger partial charge in [-0.05, 0) is 96.1 Å². The molecule has 0 fully saturated rings. The van der Waals surface area contributed by atoms with Crippen molar-refractivity contribution in [2.24, 2.45) is 0 Å². The van der Waals surface area contributed by atoms with E-state index in [1.807, 2.05) is 23.5 Å².